The number of anilines is 1. The molecule has 0 radical (unpaired) electrons. The molecular weight excluding hydrogens is 353 g/mol. The number of hydrogen-bond acceptors (Lipinski definition) is 5. The number of hydrogen-bond donors (Lipinski definition) is 1. The number of rotatable bonds is 5. The number of nitro groups is 1. The minimum Gasteiger partial charge on any atom is -0.319 e. The van der Waals surface area contributed by atoms with Crippen LogP contribution in [0.1, 0.15) is 35.8 Å². The average molecular weight is 369 g/mol. The Morgan fingerprint density at radius 3 is 2.70 bits per heavy atom. The maximum atomic E-state index is 14.0. The van der Waals surface area contributed by atoms with Crippen LogP contribution >= 0.6 is 0 Å². The van der Waals surface area contributed by atoms with Crippen LogP contribution in [0.5, 0.6) is 0 Å². The normalized spacial score (nSPS) is 10.8. The standard InChI is InChI=1S/C18H16FN5O3/c1-11(2)17-13(10-21-23(17)16-5-3-4-8-20-16)18(25)22-15-9-12(24(26)27)6-7-14(15)19/h3-11H,1-2H3,(H,22,25). The Balaban J connectivity index is 1.98. The number of nitro benzene ring substituents is 1. The molecule has 0 bridgehead atoms. The van der Waals surface area contributed by atoms with E-state index in [9.17, 15) is 19.3 Å². The molecule has 1 N–H and O–H groups in total. The number of amides is 1. The SMILES string of the molecule is CC(C)c1c(C(=O)Nc2cc([N+](=O)[O-])ccc2F)cnn1-c1ccccn1. The second kappa shape index (κ2) is 7.32. The van der Waals surface area contributed by atoms with Gasteiger partial charge in [-0.05, 0) is 24.1 Å². The summed E-state index contributed by atoms with van der Waals surface area (Å²) in [5.74, 6) is -0.913. The number of non-ortho nitro benzene ring substituents is 1. The highest BCUT2D eigenvalue weighted by molar-refractivity contribution is 6.05. The van der Waals surface area contributed by atoms with E-state index in [1.165, 1.54) is 6.20 Å². The van der Waals surface area contributed by atoms with E-state index in [2.05, 4.69) is 15.4 Å². The molecule has 0 aliphatic rings. The highest BCUT2D eigenvalue weighted by Gasteiger charge is 2.22. The molecule has 138 valence electrons. The molecule has 1 amide bonds. The van der Waals surface area contributed by atoms with Crippen LogP contribution in [0.2, 0.25) is 0 Å². The van der Waals surface area contributed by atoms with Gasteiger partial charge in [0.2, 0.25) is 0 Å². The first-order valence-electron chi connectivity index (χ1n) is 8.13. The summed E-state index contributed by atoms with van der Waals surface area (Å²) in [6.07, 6.45) is 2.98. The Morgan fingerprint density at radius 2 is 2.07 bits per heavy atom. The van der Waals surface area contributed by atoms with E-state index in [0.29, 0.717) is 11.5 Å². The van der Waals surface area contributed by atoms with Crippen molar-refractivity contribution in [3.05, 3.63) is 76.0 Å². The van der Waals surface area contributed by atoms with Gasteiger partial charge in [0, 0.05) is 18.3 Å². The van der Waals surface area contributed by atoms with E-state index in [1.807, 2.05) is 13.8 Å². The molecule has 27 heavy (non-hydrogen) atoms. The third-order valence-corrected chi connectivity index (χ3v) is 3.87. The number of nitrogens with zero attached hydrogens (tertiary/aromatic N) is 4. The minimum atomic E-state index is -0.767. The van der Waals surface area contributed by atoms with Crippen molar-refractivity contribution in [2.75, 3.05) is 5.32 Å². The molecule has 0 unspecified atom stereocenters. The average Bonchev–Trinajstić information content (AvgIpc) is 3.09. The Morgan fingerprint density at radius 1 is 1.30 bits per heavy atom. The number of aromatic nitrogens is 3. The first-order valence-corrected chi connectivity index (χ1v) is 8.13. The molecule has 0 spiro atoms. The Hall–Kier alpha value is -3.62. The Bertz CT molecular complexity index is 1000. The second-order valence-electron chi connectivity index (χ2n) is 6.07. The first kappa shape index (κ1) is 18.2. The van der Waals surface area contributed by atoms with Crippen molar-refractivity contribution in [3.8, 4) is 5.82 Å². The zero-order chi connectivity index (χ0) is 19.6. The van der Waals surface area contributed by atoms with Crippen molar-refractivity contribution < 1.29 is 14.1 Å². The molecular formula is C18H16FN5O3. The molecule has 0 atom stereocenters. The largest absolute Gasteiger partial charge is 0.319 e. The fourth-order valence-electron chi connectivity index (χ4n) is 2.66. The lowest BCUT2D eigenvalue weighted by molar-refractivity contribution is -0.384. The molecule has 2 heterocycles. The van der Waals surface area contributed by atoms with Crippen LogP contribution in [0.3, 0.4) is 0 Å². The van der Waals surface area contributed by atoms with Gasteiger partial charge in [-0.2, -0.15) is 5.10 Å². The molecule has 0 aliphatic heterocycles. The van der Waals surface area contributed by atoms with Gasteiger partial charge in [-0.15, -0.1) is 0 Å². The van der Waals surface area contributed by atoms with Gasteiger partial charge in [0.15, 0.2) is 5.82 Å². The molecule has 0 saturated heterocycles. The maximum absolute atomic E-state index is 14.0. The summed E-state index contributed by atoms with van der Waals surface area (Å²) in [5, 5.41) is 17.5. The van der Waals surface area contributed by atoms with Crippen LogP contribution < -0.4 is 5.32 Å². The number of halogens is 1. The summed E-state index contributed by atoms with van der Waals surface area (Å²) in [7, 11) is 0. The van der Waals surface area contributed by atoms with Gasteiger partial charge in [0.05, 0.1) is 28.1 Å². The van der Waals surface area contributed by atoms with E-state index in [-0.39, 0.29) is 22.9 Å². The number of carbonyl (C=O) groups is 1. The highest BCUT2D eigenvalue weighted by Crippen LogP contribution is 2.25. The van der Waals surface area contributed by atoms with Gasteiger partial charge in [0.25, 0.3) is 11.6 Å². The lowest BCUT2D eigenvalue weighted by atomic mass is 10.1. The molecule has 3 rings (SSSR count). The van der Waals surface area contributed by atoms with Gasteiger partial charge >= 0.3 is 0 Å². The molecule has 0 aliphatic carbocycles. The molecule has 9 heteroatoms. The van der Waals surface area contributed by atoms with Gasteiger partial charge in [-0.3, -0.25) is 14.9 Å². The summed E-state index contributed by atoms with van der Waals surface area (Å²) < 4.78 is 15.5. The summed E-state index contributed by atoms with van der Waals surface area (Å²) in [6.45, 7) is 3.78. The topological polar surface area (TPSA) is 103 Å². The summed E-state index contributed by atoms with van der Waals surface area (Å²) in [4.78, 5) is 27.1. The minimum absolute atomic E-state index is 0.0785. The predicted molar refractivity (Wildman–Crippen MR) is 96.5 cm³/mol. The monoisotopic (exact) mass is 369 g/mol. The third-order valence-electron chi connectivity index (χ3n) is 3.87. The summed E-state index contributed by atoms with van der Waals surface area (Å²) in [6, 6.07) is 8.26. The molecule has 2 aromatic heterocycles. The smallest absolute Gasteiger partial charge is 0.271 e. The van der Waals surface area contributed by atoms with Crippen LogP contribution in [0.25, 0.3) is 5.82 Å². The number of benzene rings is 1. The van der Waals surface area contributed by atoms with Crippen molar-refractivity contribution >= 4 is 17.3 Å². The second-order valence-corrected chi connectivity index (χ2v) is 6.07. The van der Waals surface area contributed by atoms with Gasteiger partial charge < -0.3 is 5.32 Å². The van der Waals surface area contributed by atoms with Crippen LogP contribution in [-0.4, -0.2) is 25.6 Å². The zero-order valence-corrected chi connectivity index (χ0v) is 14.6. The molecule has 1 aromatic carbocycles. The maximum Gasteiger partial charge on any atom is 0.271 e. The lowest BCUT2D eigenvalue weighted by Gasteiger charge is -2.12. The fourth-order valence-corrected chi connectivity index (χ4v) is 2.66. The van der Waals surface area contributed by atoms with E-state index in [1.54, 1.807) is 29.1 Å². The highest BCUT2D eigenvalue weighted by atomic mass is 19.1. The van der Waals surface area contributed by atoms with Crippen molar-refractivity contribution in [1.29, 1.82) is 0 Å². The van der Waals surface area contributed by atoms with Crippen LogP contribution in [0.4, 0.5) is 15.8 Å². The van der Waals surface area contributed by atoms with Crippen molar-refractivity contribution in [3.63, 3.8) is 0 Å². The van der Waals surface area contributed by atoms with Crippen LogP contribution in [0, 0.1) is 15.9 Å². The lowest BCUT2D eigenvalue weighted by Crippen LogP contribution is -2.16. The van der Waals surface area contributed by atoms with Crippen molar-refractivity contribution in [2.45, 2.75) is 19.8 Å². The number of nitrogens with one attached hydrogen (secondary N) is 1. The Kier molecular flexibility index (Phi) is 4.93. The summed E-state index contributed by atoms with van der Waals surface area (Å²) >= 11 is 0. The van der Waals surface area contributed by atoms with Crippen LogP contribution in [-0.2, 0) is 0 Å². The van der Waals surface area contributed by atoms with Crippen molar-refractivity contribution in [2.24, 2.45) is 0 Å². The van der Waals surface area contributed by atoms with Gasteiger partial charge in [0.1, 0.15) is 5.82 Å². The summed E-state index contributed by atoms with van der Waals surface area (Å²) in [5.41, 5.74) is 0.244. The van der Waals surface area contributed by atoms with Crippen LogP contribution in [0.15, 0.2) is 48.8 Å². The van der Waals surface area contributed by atoms with Gasteiger partial charge in [-0.25, -0.2) is 14.1 Å². The predicted octanol–water partition coefficient (Wildman–Crippen LogP) is 3.69. The first-order chi connectivity index (χ1) is 12.9. The number of carbonyl (C=O) groups excluding carboxylic acids is 1. The molecule has 8 nitrogen and oxygen atoms in total. The zero-order valence-electron chi connectivity index (χ0n) is 14.6. The van der Waals surface area contributed by atoms with Gasteiger partial charge in [-0.1, -0.05) is 19.9 Å². The fraction of sp³-hybridized carbons (Fsp3) is 0.167. The van der Waals surface area contributed by atoms with E-state index in [4.69, 9.17) is 0 Å². The molecule has 3 aromatic rings. The van der Waals surface area contributed by atoms with Crippen molar-refractivity contribution in [1.82, 2.24) is 14.8 Å². The van der Waals surface area contributed by atoms with E-state index in [0.717, 1.165) is 18.2 Å². The Labute approximate surface area is 153 Å². The van der Waals surface area contributed by atoms with E-state index >= 15 is 0 Å². The molecule has 0 saturated carbocycles. The van der Waals surface area contributed by atoms with E-state index < -0.39 is 16.6 Å². The quantitative estimate of drug-likeness (QED) is 0.546. The third kappa shape index (κ3) is 3.66. The number of pyridine rings is 1. The molecule has 0 fully saturated rings.